The van der Waals surface area contributed by atoms with E-state index in [0.29, 0.717) is 5.56 Å². The summed E-state index contributed by atoms with van der Waals surface area (Å²) in [4.78, 5) is 4.22. The second-order valence-electron chi connectivity index (χ2n) is 2.77. The molecule has 0 saturated heterocycles. The fourth-order valence-corrected chi connectivity index (χ4v) is 1.94. The maximum absolute atomic E-state index is 13.3. The van der Waals surface area contributed by atoms with Crippen molar-refractivity contribution in [3.8, 4) is 10.6 Å². The standard InChI is InChI=1S/C10H8FNS/c1-7-6-13-10(12-7)8-4-2-3-5-9(8)11/h2-6H,1H3. The third kappa shape index (κ3) is 1.60. The van der Waals surface area contributed by atoms with Gasteiger partial charge in [-0.1, -0.05) is 12.1 Å². The summed E-state index contributed by atoms with van der Waals surface area (Å²) in [5, 5.41) is 2.66. The van der Waals surface area contributed by atoms with Crippen molar-refractivity contribution >= 4 is 11.3 Å². The lowest BCUT2D eigenvalue weighted by Crippen LogP contribution is -1.82. The molecule has 0 aliphatic heterocycles. The van der Waals surface area contributed by atoms with Gasteiger partial charge in [-0.2, -0.15) is 0 Å². The Bertz CT molecular complexity index is 422. The van der Waals surface area contributed by atoms with Gasteiger partial charge < -0.3 is 0 Å². The van der Waals surface area contributed by atoms with Crippen molar-refractivity contribution < 1.29 is 4.39 Å². The summed E-state index contributed by atoms with van der Waals surface area (Å²) >= 11 is 1.47. The van der Waals surface area contributed by atoms with Gasteiger partial charge in [0.05, 0.1) is 0 Å². The van der Waals surface area contributed by atoms with E-state index < -0.39 is 0 Å². The SMILES string of the molecule is Cc1csc(-c2ccccc2F)n1. The Morgan fingerprint density at radius 3 is 2.69 bits per heavy atom. The lowest BCUT2D eigenvalue weighted by molar-refractivity contribution is 0.631. The number of rotatable bonds is 1. The van der Waals surface area contributed by atoms with Gasteiger partial charge in [0.15, 0.2) is 0 Å². The van der Waals surface area contributed by atoms with Crippen LogP contribution in [0.2, 0.25) is 0 Å². The molecule has 0 aliphatic rings. The summed E-state index contributed by atoms with van der Waals surface area (Å²) < 4.78 is 13.3. The number of hydrogen-bond donors (Lipinski definition) is 0. The molecule has 0 bridgehead atoms. The third-order valence-corrected chi connectivity index (χ3v) is 2.72. The molecule has 13 heavy (non-hydrogen) atoms. The summed E-state index contributed by atoms with van der Waals surface area (Å²) in [6, 6.07) is 6.69. The van der Waals surface area contributed by atoms with Gasteiger partial charge in [-0.25, -0.2) is 9.37 Å². The summed E-state index contributed by atoms with van der Waals surface area (Å²) in [5.74, 6) is -0.211. The van der Waals surface area contributed by atoms with Crippen LogP contribution in [-0.2, 0) is 0 Å². The highest BCUT2D eigenvalue weighted by Gasteiger charge is 2.06. The summed E-state index contributed by atoms with van der Waals surface area (Å²) in [7, 11) is 0. The summed E-state index contributed by atoms with van der Waals surface area (Å²) in [5.41, 5.74) is 1.52. The molecule has 0 amide bonds. The number of halogens is 1. The van der Waals surface area contributed by atoms with E-state index in [4.69, 9.17) is 0 Å². The van der Waals surface area contributed by atoms with Crippen molar-refractivity contribution in [2.75, 3.05) is 0 Å². The summed E-state index contributed by atoms with van der Waals surface area (Å²) in [6.45, 7) is 1.90. The van der Waals surface area contributed by atoms with Crippen molar-refractivity contribution in [1.29, 1.82) is 0 Å². The molecule has 1 nitrogen and oxygen atoms in total. The van der Waals surface area contributed by atoms with Gasteiger partial charge in [-0.15, -0.1) is 11.3 Å². The average Bonchev–Trinajstić information content (AvgIpc) is 2.53. The number of benzene rings is 1. The number of aryl methyl sites for hydroxylation is 1. The van der Waals surface area contributed by atoms with Crippen molar-refractivity contribution in [2.45, 2.75) is 6.92 Å². The second kappa shape index (κ2) is 3.26. The topological polar surface area (TPSA) is 12.9 Å². The Hall–Kier alpha value is -1.22. The second-order valence-corrected chi connectivity index (χ2v) is 3.63. The minimum Gasteiger partial charge on any atom is -0.241 e. The molecule has 0 radical (unpaired) electrons. The van der Waals surface area contributed by atoms with E-state index in [1.165, 1.54) is 17.4 Å². The Balaban J connectivity index is 2.52. The smallest absolute Gasteiger partial charge is 0.133 e. The minimum absolute atomic E-state index is 0.211. The van der Waals surface area contributed by atoms with Crippen molar-refractivity contribution in [2.24, 2.45) is 0 Å². The van der Waals surface area contributed by atoms with E-state index in [1.54, 1.807) is 12.1 Å². The number of aromatic nitrogens is 1. The first kappa shape index (κ1) is 8.38. The molecular weight excluding hydrogens is 185 g/mol. The van der Waals surface area contributed by atoms with Crippen LogP contribution in [0.25, 0.3) is 10.6 Å². The van der Waals surface area contributed by atoms with Crippen molar-refractivity contribution in [1.82, 2.24) is 4.98 Å². The molecule has 0 atom stereocenters. The van der Waals surface area contributed by atoms with Gasteiger partial charge in [0.25, 0.3) is 0 Å². The van der Waals surface area contributed by atoms with Crippen molar-refractivity contribution in [3.05, 3.63) is 41.2 Å². The number of nitrogens with zero attached hydrogens (tertiary/aromatic N) is 1. The molecule has 3 heteroatoms. The first-order valence-corrected chi connectivity index (χ1v) is 4.82. The van der Waals surface area contributed by atoms with Crippen LogP contribution >= 0.6 is 11.3 Å². The average molecular weight is 193 g/mol. The predicted octanol–water partition coefficient (Wildman–Crippen LogP) is 3.26. The van der Waals surface area contributed by atoms with Gasteiger partial charge in [0.1, 0.15) is 10.8 Å². The monoisotopic (exact) mass is 193 g/mol. The van der Waals surface area contributed by atoms with Crippen LogP contribution < -0.4 is 0 Å². The molecule has 0 aliphatic carbocycles. The van der Waals surface area contributed by atoms with E-state index in [0.717, 1.165) is 10.7 Å². The molecule has 0 saturated carbocycles. The van der Waals surface area contributed by atoms with E-state index in [1.807, 2.05) is 18.4 Å². The highest BCUT2D eigenvalue weighted by Crippen LogP contribution is 2.25. The largest absolute Gasteiger partial charge is 0.241 e. The lowest BCUT2D eigenvalue weighted by atomic mass is 10.2. The van der Waals surface area contributed by atoms with E-state index in [2.05, 4.69) is 4.98 Å². The third-order valence-electron chi connectivity index (χ3n) is 1.72. The molecule has 2 rings (SSSR count). The molecule has 0 spiro atoms. The van der Waals surface area contributed by atoms with Crippen LogP contribution in [0.15, 0.2) is 29.6 Å². The molecule has 1 heterocycles. The molecule has 1 aromatic carbocycles. The first-order chi connectivity index (χ1) is 6.27. The van der Waals surface area contributed by atoms with Gasteiger partial charge in [0, 0.05) is 16.6 Å². The molecule has 0 fully saturated rings. The first-order valence-electron chi connectivity index (χ1n) is 3.94. The zero-order chi connectivity index (χ0) is 9.26. The van der Waals surface area contributed by atoms with E-state index >= 15 is 0 Å². The molecule has 0 N–H and O–H groups in total. The van der Waals surface area contributed by atoms with Crippen molar-refractivity contribution in [3.63, 3.8) is 0 Å². The van der Waals surface area contributed by atoms with Gasteiger partial charge in [-0.3, -0.25) is 0 Å². The van der Waals surface area contributed by atoms with Gasteiger partial charge in [-0.05, 0) is 19.1 Å². The highest BCUT2D eigenvalue weighted by molar-refractivity contribution is 7.13. The van der Waals surface area contributed by atoms with Gasteiger partial charge >= 0.3 is 0 Å². The number of hydrogen-bond acceptors (Lipinski definition) is 2. The fourth-order valence-electron chi connectivity index (χ4n) is 1.11. The quantitative estimate of drug-likeness (QED) is 0.677. The van der Waals surface area contributed by atoms with Crippen LogP contribution in [-0.4, -0.2) is 4.98 Å². The number of thiazole rings is 1. The van der Waals surface area contributed by atoms with Crippen LogP contribution in [0.5, 0.6) is 0 Å². The minimum atomic E-state index is -0.211. The van der Waals surface area contributed by atoms with Crippen LogP contribution in [0.1, 0.15) is 5.69 Å². The normalized spacial score (nSPS) is 10.3. The van der Waals surface area contributed by atoms with Gasteiger partial charge in [0.2, 0.25) is 0 Å². The summed E-state index contributed by atoms with van der Waals surface area (Å²) in [6.07, 6.45) is 0. The lowest BCUT2D eigenvalue weighted by Gasteiger charge is -1.96. The molecule has 66 valence electrons. The van der Waals surface area contributed by atoms with Crippen LogP contribution in [0.4, 0.5) is 4.39 Å². The molecule has 0 unspecified atom stereocenters. The molecule has 1 aromatic heterocycles. The molecular formula is C10H8FNS. The zero-order valence-corrected chi connectivity index (χ0v) is 7.94. The van der Waals surface area contributed by atoms with E-state index in [9.17, 15) is 4.39 Å². The highest BCUT2D eigenvalue weighted by atomic mass is 32.1. The molecule has 2 aromatic rings. The predicted molar refractivity (Wildman–Crippen MR) is 52.2 cm³/mol. The zero-order valence-electron chi connectivity index (χ0n) is 7.12. The van der Waals surface area contributed by atoms with E-state index in [-0.39, 0.29) is 5.82 Å². The Kier molecular flexibility index (Phi) is 2.10. The Morgan fingerprint density at radius 1 is 1.31 bits per heavy atom. The Labute approximate surface area is 79.9 Å². The van der Waals surface area contributed by atoms with Crippen LogP contribution in [0.3, 0.4) is 0 Å². The maximum Gasteiger partial charge on any atom is 0.133 e. The fraction of sp³-hybridized carbons (Fsp3) is 0.100. The van der Waals surface area contributed by atoms with Crippen LogP contribution in [0, 0.1) is 12.7 Å². The maximum atomic E-state index is 13.3. The Morgan fingerprint density at radius 2 is 2.08 bits per heavy atom.